The van der Waals surface area contributed by atoms with E-state index < -0.39 is 36.5 Å². The molecule has 0 unspecified atom stereocenters. The summed E-state index contributed by atoms with van der Waals surface area (Å²) >= 11 is 0. The van der Waals surface area contributed by atoms with E-state index in [1.165, 1.54) is 0 Å². The first-order chi connectivity index (χ1) is 7.52. The van der Waals surface area contributed by atoms with Crippen molar-refractivity contribution in [3.8, 4) is 5.75 Å². The maximum atomic E-state index is 13.3. The van der Waals surface area contributed by atoms with Gasteiger partial charge in [0, 0.05) is 0 Å². The summed E-state index contributed by atoms with van der Waals surface area (Å²) in [5, 5.41) is 9.03. The van der Waals surface area contributed by atoms with E-state index in [1.54, 1.807) is 0 Å². The maximum Gasteiger partial charge on any atom is 0.168 e. The molecule has 0 radical (unpaired) electrons. The third-order valence-corrected chi connectivity index (χ3v) is 1.28. The number of aliphatic hydroxyl groups is 1. The van der Waals surface area contributed by atoms with Crippen LogP contribution in [-0.2, 0) is 6.56 Å². The first-order valence-electron chi connectivity index (χ1n) is 5.42. The lowest BCUT2D eigenvalue weighted by Gasteiger charge is -2.06. The zero-order valence-electron chi connectivity index (χ0n) is 10.8. The zero-order chi connectivity index (χ0) is 13.4. The first kappa shape index (κ1) is 4.18. The molecule has 0 aromatic heterocycles. The number of methoxy groups -OCH3 is 1. The Hall–Kier alpha value is -1.16. The molecule has 1 N–H and O–H groups in total. The van der Waals surface area contributed by atoms with Gasteiger partial charge in [-0.3, -0.25) is 0 Å². The summed E-state index contributed by atoms with van der Waals surface area (Å²) in [5.74, 6) is -3.90. The standard InChI is InChI=1S/C8H8F2O2/c1-12-7-3-2-6(9)8(10)5(7)4-11/h2-3,11H,4H2,1H3/i1D3,4D2. The minimum Gasteiger partial charge on any atom is -0.496 e. The first-order valence-corrected chi connectivity index (χ1v) is 2.92. The van der Waals surface area contributed by atoms with Crippen molar-refractivity contribution in [2.24, 2.45) is 0 Å². The van der Waals surface area contributed by atoms with Gasteiger partial charge >= 0.3 is 0 Å². The molecule has 0 spiro atoms. The monoisotopic (exact) mass is 179 g/mol. The van der Waals surface area contributed by atoms with Crippen LogP contribution in [0.25, 0.3) is 0 Å². The molecule has 0 fully saturated rings. The van der Waals surface area contributed by atoms with Gasteiger partial charge in [0.2, 0.25) is 0 Å². The van der Waals surface area contributed by atoms with Gasteiger partial charge in [0.25, 0.3) is 0 Å². The molecule has 66 valence electrons. The number of hydrogen-bond acceptors (Lipinski definition) is 2. The summed E-state index contributed by atoms with van der Waals surface area (Å²) < 4.78 is 64.6. The lowest BCUT2D eigenvalue weighted by Crippen LogP contribution is -1.98. The van der Waals surface area contributed by atoms with Crippen LogP contribution in [0.1, 0.15) is 12.4 Å². The molecule has 0 aliphatic rings. The average molecular weight is 179 g/mol. The third-order valence-electron chi connectivity index (χ3n) is 1.28. The molecule has 1 aromatic carbocycles. The van der Waals surface area contributed by atoms with Gasteiger partial charge in [-0.05, 0) is 12.1 Å². The number of halogens is 2. The highest BCUT2D eigenvalue weighted by Gasteiger charge is 2.12. The number of rotatable bonds is 2. The van der Waals surface area contributed by atoms with E-state index >= 15 is 0 Å². The number of ether oxygens (including phenoxy) is 1. The van der Waals surface area contributed by atoms with Crippen molar-refractivity contribution in [1.29, 1.82) is 0 Å². The van der Waals surface area contributed by atoms with E-state index in [2.05, 4.69) is 4.74 Å². The van der Waals surface area contributed by atoms with Crippen molar-refractivity contribution in [3.05, 3.63) is 29.3 Å². The smallest absolute Gasteiger partial charge is 0.168 e. The Bertz CT molecular complexity index is 427. The van der Waals surface area contributed by atoms with Crippen molar-refractivity contribution in [2.45, 2.75) is 6.56 Å². The number of hydrogen-bond donors (Lipinski definition) is 1. The molecule has 0 heterocycles. The summed E-state index contributed by atoms with van der Waals surface area (Å²) in [6.07, 6.45) is 0. The second-order valence-corrected chi connectivity index (χ2v) is 1.95. The van der Waals surface area contributed by atoms with Gasteiger partial charge in [0.1, 0.15) is 5.75 Å². The van der Waals surface area contributed by atoms with E-state index in [1.807, 2.05) is 0 Å². The Balaban J connectivity index is 3.36. The van der Waals surface area contributed by atoms with Gasteiger partial charge in [-0.1, -0.05) is 0 Å². The Kier molecular flexibility index (Phi) is 1.22. The van der Waals surface area contributed by atoms with Gasteiger partial charge in [-0.25, -0.2) is 8.78 Å². The van der Waals surface area contributed by atoms with Crippen molar-refractivity contribution >= 4 is 0 Å². The van der Waals surface area contributed by atoms with Crippen LogP contribution in [0.2, 0.25) is 0 Å². The highest BCUT2D eigenvalue weighted by Crippen LogP contribution is 2.22. The van der Waals surface area contributed by atoms with Crippen LogP contribution < -0.4 is 4.74 Å². The van der Waals surface area contributed by atoms with Gasteiger partial charge in [-0.15, -0.1) is 0 Å². The van der Waals surface area contributed by atoms with Crippen LogP contribution in [0.4, 0.5) is 8.78 Å². The van der Waals surface area contributed by atoms with Crippen LogP contribution >= 0.6 is 0 Å². The molecule has 0 saturated heterocycles. The molecule has 0 aliphatic carbocycles. The number of benzene rings is 1. The molecule has 12 heavy (non-hydrogen) atoms. The van der Waals surface area contributed by atoms with Crippen LogP contribution in [0.3, 0.4) is 0 Å². The summed E-state index contributed by atoms with van der Waals surface area (Å²) in [7, 11) is -2.97. The van der Waals surface area contributed by atoms with Crippen molar-refractivity contribution in [1.82, 2.24) is 0 Å². The van der Waals surface area contributed by atoms with E-state index in [0.717, 1.165) is 6.07 Å². The van der Waals surface area contributed by atoms with Crippen molar-refractivity contribution in [3.63, 3.8) is 0 Å². The molecular formula is C8H8F2O2. The van der Waals surface area contributed by atoms with E-state index in [9.17, 15) is 8.78 Å². The average Bonchev–Trinajstić information content (AvgIpc) is 2.06. The lowest BCUT2D eigenvalue weighted by molar-refractivity contribution is 0.264. The molecule has 0 amide bonds. The Morgan fingerprint density at radius 1 is 1.67 bits per heavy atom. The fraction of sp³-hybridized carbons (Fsp3) is 0.250. The minimum absolute atomic E-state index is 0.575. The lowest BCUT2D eigenvalue weighted by atomic mass is 10.2. The fourth-order valence-electron chi connectivity index (χ4n) is 0.722. The predicted octanol–water partition coefficient (Wildman–Crippen LogP) is 1.47. The summed E-state index contributed by atoms with van der Waals surface area (Å²) in [4.78, 5) is 0. The van der Waals surface area contributed by atoms with Crippen LogP contribution in [-0.4, -0.2) is 12.1 Å². The van der Waals surface area contributed by atoms with Gasteiger partial charge in [-0.2, -0.15) is 0 Å². The largest absolute Gasteiger partial charge is 0.496 e. The Morgan fingerprint density at radius 2 is 2.42 bits per heavy atom. The molecular weight excluding hydrogens is 166 g/mol. The Labute approximate surface area is 75.4 Å². The molecule has 4 heteroatoms. The summed E-state index contributed by atoms with van der Waals surface area (Å²) in [6, 6.07) is 1.31. The molecule has 1 aromatic rings. The quantitative estimate of drug-likeness (QED) is 0.744. The molecule has 2 nitrogen and oxygen atoms in total. The second kappa shape index (κ2) is 3.49. The second-order valence-electron chi connectivity index (χ2n) is 1.95. The van der Waals surface area contributed by atoms with Crippen molar-refractivity contribution in [2.75, 3.05) is 7.04 Å². The van der Waals surface area contributed by atoms with Crippen LogP contribution in [0.5, 0.6) is 5.75 Å². The van der Waals surface area contributed by atoms with Gasteiger partial charge < -0.3 is 9.84 Å². The molecule has 0 bridgehead atoms. The van der Waals surface area contributed by atoms with E-state index in [-0.39, 0.29) is 0 Å². The van der Waals surface area contributed by atoms with Crippen LogP contribution in [0.15, 0.2) is 12.1 Å². The summed E-state index contributed by atoms with van der Waals surface area (Å²) in [6.45, 7) is -3.26. The third kappa shape index (κ3) is 1.38. The molecule has 0 aliphatic heterocycles. The van der Waals surface area contributed by atoms with E-state index in [4.69, 9.17) is 12.0 Å². The predicted molar refractivity (Wildman–Crippen MR) is 38.8 cm³/mol. The highest BCUT2D eigenvalue weighted by atomic mass is 19.2. The highest BCUT2D eigenvalue weighted by molar-refractivity contribution is 5.34. The van der Waals surface area contributed by atoms with E-state index in [0.29, 0.717) is 6.07 Å². The zero-order valence-corrected chi connectivity index (χ0v) is 5.77. The topological polar surface area (TPSA) is 29.5 Å². The van der Waals surface area contributed by atoms with Gasteiger partial charge in [0.15, 0.2) is 11.6 Å². The molecule has 0 saturated carbocycles. The minimum atomic E-state index is -3.26. The SMILES string of the molecule is [2H]C([2H])([2H])Oc1ccc(F)c(F)c1C([2H])([2H])O. The maximum absolute atomic E-state index is 13.3. The van der Waals surface area contributed by atoms with Crippen molar-refractivity contribution < 1.29 is 25.5 Å². The fourth-order valence-corrected chi connectivity index (χ4v) is 0.722. The normalized spacial score (nSPS) is 18.4. The van der Waals surface area contributed by atoms with Crippen LogP contribution in [0, 0.1) is 11.6 Å². The molecule has 0 atom stereocenters. The molecule has 1 rings (SSSR count). The van der Waals surface area contributed by atoms with Gasteiger partial charge in [0.05, 0.1) is 26.0 Å². The summed E-state index contributed by atoms with van der Waals surface area (Å²) in [5.41, 5.74) is -1.19. The Morgan fingerprint density at radius 3 is 3.00 bits per heavy atom.